The van der Waals surface area contributed by atoms with E-state index in [4.69, 9.17) is 15.9 Å². The van der Waals surface area contributed by atoms with Crippen LogP contribution in [-0.2, 0) is 9.53 Å². The number of imidazole rings is 1. The normalized spacial score (nSPS) is 16.9. The van der Waals surface area contributed by atoms with Gasteiger partial charge in [-0.25, -0.2) is 4.98 Å². The fourth-order valence-electron chi connectivity index (χ4n) is 2.43. The van der Waals surface area contributed by atoms with E-state index in [9.17, 15) is 18.0 Å². The van der Waals surface area contributed by atoms with Gasteiger partial charge in [-0.1, -0.05) is 33.3 Å². The number of allylic oxidation sites excluding steroid dienone is 2. The summed E-state index contributed by atoms with van der Waals surface area (Å²) in [6.07, 6.45) is 1.80. The smallest absolute Gasteiger partial charge is 0.364 e. The quantitative estimate of drug-likeness (QED) is 0.354. The van der Waals surface area contributed by atoms with Gasteiger partial charge in [-0.2, -0.15) is 13.2 Å². The molecule has 10 heteroatoms. The van der Waals surface area contributed by atoms with Gasteiger partial charge in [-0.3, -0.25) is 4.79 Å². The highest BCUT2D eigenvalue weighted by Crippen LogP contribution is 2.33. The van der Waals surface area contributed by atoms with E-state index in [2.05, 4.69) is 29.1 Å². The zero-order chi connectivity index (χ0) is 27.8. The van der Waals surface area contributed by atoms with E-state index in [1.807, 2.05) is 26.8 Å². The fraction of sp³-hybridized carbons (Fsp3) is 0.720. The van der Waals surface area contributed by atoms with E-state index in [0.29, 0.717) is 23.1 Å². The topological polar surface area (TPSA) is 117 Å². The number of piperidine rings is 1. The van der Waals surface area contributed by atoms with E-state index in [0.717, 1.165) is 39.7 Å². The van der Waals surface area contributed by atoms with Crippen molar-refractivity contribution in [3.63, 3.8) is 0 Å². The summed E-state index contributed by atoms with van der Waals surface area (Å²) in [5.41, 5.74) is 5.96. The first-order chi connectivity index (χ1) is 16.1. The predicted octanol–water partition coefficient (Wildman–Crippen LogP) is 6.02. The van der Waals surface area contributed by atoms with Gasteiger partial charge in [0.1, 0.15) is 5.82 Å². The van der Waals surface area contributed by atoms with Gasteiger partial charge in [0.05, 0.1) is 18.3 Å². The van der Waals surface area contributed by atoms with E-state index in [1.165, 1.54) is 11.8 Å². The number of halogens is 3. The minimum atomic E-state index is -4.42. The Morgan fingerprint density at radius 3 is 2.23 bits per heavy atom. The first-order valence-corrected chi connectivity index (χ1v) is 12.1. The number of carbonyl (C=O) groups is 1. The Bertz CT molecular complexity index is 763. The first kappa shape index (κ1) is 35.0. The lowest BCUT2D eigenvalue weighted by molar-refractivity contribution is -0.264. The maximum absolute atomic E-state index is 12.5. The summed E-state index contributed by atoms with van der Waals surface area (Å²) >= 11 is 0. The monoisotopic (exact) mass is 505 g/mol. The van der Waals surface area contributed by atoms with Crippen molar-refractivity contribution in [2.24, 2.45) is 11.7 Å². The average molecular weight is 506 g/mol. The maximum Gasteiger partial charge on any atom is 0.416 e. The number of alkyl halides is 3. The summed E-state index contributed by atoms with van der Waals surface area (Å²) in [7, 11) is 0. The van der Waals surface area contributed by atoms with Crippen LogP contribution in [0, 0.1) is 18.3 Å². The van der Waals surface area contributed by atoms with Gasteiger partial charge in [0, 0.05) is 24.9 Å². The van der Waals surface area contributed by atoms with Crippen LogP contribution in [0.15, 0.2) is 17.8 Å². The molecule has 7 nitrogen and oxygen atoms in total. The molecule has 0 aromatic carbocycles. The molecule has 5 N–H and O–H groups in total. The number of H-pyrrole nitrogens is 1. The molecule has 0 spiro atoms. The zero-order valence-electron chi connectivity index (χ0n) is 22.8. The minimum absolute atomic E-state index is 0.211. The molecule has 2 unspecified atom stereocenters. The van der Waals surface area contributed by atoms with Crippen molar-refractivity contribution in [1.82, 2.24) is 15.3 Å². The summed E-state index contributed by atoms with van der Waals surface area (Å²) < 4.78 is 42.3. The van der Waals surface area contributed by atoms with Crippen LogP contribution in [0.4, 0.5) is 13.2 Å². The molecule has 1 aromatic rings. The number of ether oxygens (including phenoxy) is 1. The Balaban J connectivity index is 0. The number of nitrogens with zero attached hydrogens (tertiary/aromatic N) is 1. The van der Waals surface area contributed by atoms with Crippen LogP contribution in [0.25, 0.3) is 0 Å². The minimum Gasteiger partial charge on any atom is -0.364 e. The average Bonchev–Trinajstić information content (AvgIpc) is 3.21. The molecular weight excluding hydrogens is 459 g/mol. The molecule has 2 atom stereocenters. The van der Waals surface area contributed by atoms with Gasteiger partial charge < -0.3 is 26.2 Å². The maximum atomic E-state index is 12.5. The molecule has 35 heavy (non-hydrogen) atoms. The fourth-order valence-corrected chi connectivity index (χ4v) is 2.43. The second-order valence-electron chi connectivity index (χ2n) is 8.82. The van der Waals surface area contributed by atoms with Crippen molar-refractivity contribution < 1.29 is 22.7 Å². The molecule has 1 saturated heterocycles. The first-order valence-electron chi connectivity index (χ1n) is 12.1. The SMILES string of the molecule is CC.CC/C(C)=C\C(C)=N.CC1CCC(=O)NC1.Cc1ncc(C(N)COC(C)(C)C(F)(F)F)[nH]1. The van der Waals surface area contributed by atoms with Crippen LogP contribution in [-0.4, -0.2) is 46.5 Å². The van der Waals surface area contributed by atoms with Gasteiger partial charge in [0.15, 0.2) is 5.60 Å². The molecule has 1 fully saturated rings. The highest BCUT2D eigenvalue weighted by Gasteiger charge is 2.48. The molecule has 2 heterocycles. The molecule has 1 aliphatic heterocycles. The van der Waals surface area contributed by atoms with Crippen molar-refractivity contribution in [1.29, 1.82) is 5.41 Å². The molecule has 0 saturated carbocycles. The molecule has 0 radical (unpaired) electrons. The Morgan fingerprint density at radius 1 is 1.34 bits per heavy atom. The third-order valence-corrected chi connectivity index (χ3v) is 4.96. The summed E-state index contributed by atoms with van der Waals surface area (Å²) in [6.45, 7) is 16.4. The van der Waals surface area contributed by atoms with Crippen LogP contribution >= 0.6 is 0 Å². The molecule has 1 amide bonds. The number of hydrogen-bond donors (Lipinski definition) is 4. The van der Waals surface area contributed by atoms with Crippen molar-refractivity contribution in [2.75, 3.05) is 13.2 Å². The summed E-state index contributed by atoms with van der Waals surface area (Å²) in [5, 5.41) is 9.84. The molecular formula is C25H46F3N5O2. The Kier molecular flexibility index (Phi) is 17.2. The Labute approximate surface area is 209 Å². The van der Waals surface area contributed by atoms with Crippen LogP contribution in [0.2, 0.25) is 0 Å². The van der Waals surface area contributed by atoms with E-state index in [-0.39, 0.29) is 12.5 Å². The van der Waals surface area contributed by atoms with Crippen LogP contribution in [0.1, 0.15) is 92.2 Å². The number of aryl methyl sites for hydroxylation is 1. The van der Waals surface area contributed by atoms with Gasteiger partial charge in [0.2, 0.25) is 5.91 Å². The van der Waals surface area contributed by atoms with E-state index < -0.39 is 17.8 Å². The Hall–Kier alpha value is -2.20. The lowest BCUT2D eigenvalue weighted by atomic mass is 10.0. The van der Waals surface area contributed by atoms with Crippen LogP contribution < -0.4 is 11.1 Å². The number of aromatic amines is 1. The number of aromatic nitrogens is 2. The molecule has 0 aliphatic carbocycles. The summed E-state index contributed by atoms with van der Waals surface area (Å²) in [5.74, 6) is 1.56. The number of hydrogen-bond acceptors (Lipinski definition) is 5. The Morgan fingerprint density at radius 2 is 1.91 bits per heavy atom. The highest BCUT2D eigenvalue weighted by molar-refractivity contribution is 5.90. The summed E-state index contributed by atoms with van der Waals surface area (Å²) in [4.78, 5) is 17.3. The molecule has 0 bridgehead atoms. The largest absolute Gasteiger partial charge is 0.416 e. The standard InChI is InChI=1S/C10H16F3N3O.C7H13N.C6H11NO.C2H6/c1-6-15-4-8(16-6)7(14)5-17-9(2,3)10(11,12)13;1-4-6(2)5-7(3)8;1-5-2-3-6(8)7-4-5;1-2/h4,7H,5,14H2,1-3H3,(H,15,16);5,8H,4H2,1-3H3;5H,2-4H2,1H3,(H,7,8);1-2H3/b;6-5-,8-7?;;. The number of carbonyl (C=O) groups excluding carboxylic acids is 1. The molecule has 1 aromatic heterocycles. The zero-order valence-corrected chi connectivity index (χ0v) is 22.8. The number of rotatable bonds is 6. The van der Waals surface area contributed by atoms with Crippen molar-refractivity contribution in [3.05, 3.63) is 29.4 Å². The van der Waals surface area contributed by atoms with Crippen molar-refractivity contribution in [3.8, 4) is 0 Å². The lowest BCUT2D eigenvalue weighted by Crippen LogP contribution is -2.43. The van der Waals surface area contributed by atoms with Crippen molar-refractivity contribution in [2.45, 2.75) is 99.4 Å². The van der Waals surface area contributed by atoms with E-state index in [1.54, 1.807) is 13.8 Å². The third-order valence-electron chi connectivity index (χ3n) is 4.96. The third kappa shape index (κ3) is 16.2. The van der Waals surface area contributed by atoms with Gasteiger partial charge in [-0.05, 0) is 59.5 Å². The van der Waals surface area contributed by atoms with Gasteiger partial charge in [0.25, 0.3) is 0 Å². The molecule has 2 rings (SSSR count). The highest BCUT2D eigenvalue weighted by atomic mass is 19.4. The van der Waals surface area contributed by atoms with Crippen molar-refractivity contribution >= 4 is 11.6 Å². The number of amides is 1. The van der Waals surface area contributed by atoms with Crippen LogP contribution in [0.3, 0.4) is 0 Å². The predicted molar refractivity (Wildman–Crippen MR) is 137 cm³/mol. The second kappa shape index (κ2) is 17.3. The van der Waals surface area contributed by atoms with Crippen LogP contribution in [0.5, 0.6) is 0 Å². The second-order valence-corrected chi connectivity index (χ2v) is 8.82. The lowest BCUT2D eigenvalue weighted by Gasteiger charge is -2.29. The van der Waals surface area contributed by atoms with Gasteiger partial charge in [-0.15, -0.1) is 0 Å². The molecule has 204 valence electrons. The van der Waals surface area contributed by atoms with Gasteiger partial charge >= 0.3 is 6.18 Å². The summed E-state index contributed by atoms with van der Waals surface area (Å²) in [6, 6.07) is -0.655. The number of nitrogens with one attached hydrogen (secondary N) is 3. The number of nitrogens with two attached hydrogens (primary N) is 1. The molecule has 1 aliphatic rings. The van der Waals surface area contributed by atoms with E-state index >= 15 is 0 Å².